The zero-order valence-electron chi connectivity index (χ0n) is 17.4. The Morgan fingerprint density at radius 3 is 2.03 bits per heavy atom. The maximum atomic E-state index is 13.0. The lowest BCUT2D eigenvalue weighted by atomic mass is 10.1. The van der Waals surface area contributed by atoms with E-state index >= 15 is 0 Å². The number of carbonyl (C=O) groups is 2. The SMILES string of the molecule is O=C(Nc1ccc(C(=O)Nc2cccc(C#Cc3ccccn3)c2)cc1)c1ccc(F)cc1. The van der Waals surface area contributed by atoms with Crippen LogP contribution in [0.5, 0.6) is 0 Å². The van der Waals surface area contributed by atoms with Crippen LogP contribution in [0.2, 0.25) is 0 Å². The van der Waals surface area contributed by atoms with Crippen molar-refractivity contribution >= 4 is 23.2 Å². The van der Waals surface area contributed by atoms with Crippen molar-refractivity contribution in [2.75, 3.05) is 10.6 Å². The van der Waals surface area contributed by atoms with E-state index < -0.39 is 5.82 Å². The van der Waals surface area contributed by atoms with Crippen LogP contribution >= 0.6 is 0 Å². The average Bonchev–Trinajstić information content (AvgIpc) is 2.84. The van der Waals surface area contributed by atoms with Gasteiger partial charge >= 0.3 is 0 Å². The molecule has 0 radical (unpaired) electrons. The molecule has 0 atom stereocenters. The van der Waals surface area contributed by atoms with Crippen molar-refractivity contribution in [2.24, 2.45) is 0 Å². The molecule has 3 aromatic carbocycles. The topological polar surface area (TPSA) is 71.1 Å². The summed E-state index contributed by atoms with van der Waals surface area (Å²) in [6.07, 6.45) is 1.68. The minimum atomic E-state index is -0.410. The van der Waals surface area contributed by atoms with Crippen LogP contribution in [0.4, 0.5) is 15.8 Å². The van der Waals surface area contributed by atoms with Crippen molar-refractivity contribution in [1.29, 1.82) is 0 Å². The predicted molar refractivity (Wildman–Crippen MR) is 125 cm³/mol. The molecule has 0 fully saturated rings. The van der Waals surface area contributed by atoms with Crippen LogP contribution in [0.1, 0.15) is 32.0 Å². The highest BCUT2D eigenvalue weighted by molar-refractivity contribution is 6.06. The lowest BCUT2D eigenvalue weighted by Gasteiger charge is -2.08. The number of benzene rings is 3. The second kappa shape index (κ2) is 10.0. The van der Waals surface area contributed by atoms with E-state index in [1.807, 2.05) is 30.3 Å². The molecule has 4 rings (SSSR count). The van der Waals surface area contributed by atoms with Gasteiger partial charge in [-0.15, -0.1) is 0 Å². The van der Waals surface area contributed by atoms with E-state index in [-0.39, 0.29) is 11.8 Å². The van der Waals surface area contributed by atoms with Crippen LogP contribution in [0.25, 0.3) is 0 Å². The zero-order valence-corrected chi connectivity index (χ0v) is 17.4. The third-order valence-corrected chi connectivity index (χ3v) is 4.63. The normalized spacial score (nSPS) is 9.97. The summed E-state index contributed by atoms with van der Waals surface area (Å²) in [6.45, 7) is 0. The van der Waals surface area contributed by atoms with E-state index in [0.717, 1.165) is 5.56 Å². The molecule has 5 nitrogen and oxygen atoms in total. The number of nitrogens with zero attached hydrogens (tertiary/aromatic N) is 1. The van der Waals surface area contributed by atoms with Gasteiger partial charge < -0.3 is 10.6 Å². The first-order valence-electron chi connectivity index (χ1n) is 10.1. The van der Waals surface area contributed by atoms with Crippen molar-refractivity contribution in [2.45, 2.75) is 0 Å². The Labute approximate surface area is 190 Å². The minimum absolute atomic E-state index is 0.291. The van der Waals surface area contributed by atoms with E-state index in [1.165, 1.54) is 24.3 Å². The Kier molecular flexibility index (Phi) is 6.53. The summed E-state index contributed by atoms with van der Waals surface area (Å²) in [5, 5.41) is 5.56. The van der Waals surface area contributed by atoms with E-state index in [4.69, 9.17) is 0 Å². The molecule has 0 bridgehead atoms. The molecular formula is C27H18FN3O2. The minimum Gasteiger partial charge on any atom is -0.322 e. The number of aromatic nitrogens is 1. The van der Waals surface area contributed by atoms with Crippen LogP contribution in [0.15, 0.2) is 97.2 Å². The number of halogens is 1. The average molecular weight is 435 g/mol. The second-order valence-corrected chi connectivity index (χ2v) is 7.04. The van der Waals surface area contributed by atoms with Crippen LogP contribution < -0.4 is 10.6 Å². The van der Waals surface area contributed by atoms with Crippen molar-refractivity contribution in [3.63, 3.8) is 0 Å². The molecule has 33 heavy (non-hydrogen) atoms. The van der Waals surface area contributed by atoms with Crippen LogP contribution in [0, 0.1) is 17.7 Å². The summed E-state index contributed by atoms with van der Waals surface area (Å²) in [5.41, 5.74) is 3.31. The van der Waals surface area contributed by atoms with Gasteiger partial charge in [-0.1, -0.05) is 18.1 Å². The highest BCUT2D eigenvalue weighted by atomic mass is 19.1. The second-order valence-electron chi connectivity index (χ2n) is 7.04. The summed E-state index contributed by atoms with van der Waals surface area (Å²) in [6, 6.07) is 24.5. The van der Waals surface area contributed by atoms with Gasteiger partial charge in [-0.3, -0.25) is 9.59 Å². The molecule has 1 heterocycles. The van der Waals surface area contributed by atoms with Gasteiger partial charge in [-0.25, -0.2) is 9.37 Å². The van der Waals surface area contributed by atoms with Gasteiger partial charge in [0.15, 0.2) is 0 Å². The molecular weight excluding hydrogens is 417 g/mol. The molecule has 0 aliphatic heterocycles. The fourth-order valence-corrected chi connectivity index (χ4v) is 2.96. The molecule has 160 valence electrons. The molecule has 0 aliphatic rings. The third kappa shape index (κ3) is 5.90. The van der Waals surface area contributed by atoms with Gasteiger partial charge in [0.05, 0.1) is 0 Å². The number of pyridine rings is 1. The molecule has 1 aromatic heterocycles. The Bertz CT molecular complexity index is 1340. The van der Waals surface area contributed by atoms with E-state index in [0.29, 0.717) is 28.2 Å². The Hall–Kier alpha value is -4.76. The lowest BCUT2D eigenvalue weighted by molar-refractivity contribution is 0.102. The third-order valence-electron chi connectivity index (χ3n) is 4.63. The molecule has 0 spiro atoms. The Morgan fingerprint density at radius 1 is 0.697 bits per heavy atom. The molecule has 0 saturated heterocycles. The molecule has 0 aliphatic carbocycles. The molecule has 6 heteroatoms. The summed E-state index contributed by atoms with van der Waals surface area (Å²) >= 11 is 0. The maximum Gasteiger partial charge on any atom is 0.255 e. The van der Waals surface area contributed by atoms with Crippen molar-refractivity contribution in [3.8, 4) is 11.8 Å². The maximum absolute atomic E-state index is 13.0. The molecule has 0 unspecified atom stereocenters. The first kappa shape index (κ1) is 21.5. The first-order chi connectivity index (χ1) is 16.1. The summed E-state index contributed by atoms with van der Waals surface area (Å²) in [5.74, 6) is 4.95. The number of nitrogens with one attached hydrogen (secondary N) is 2. The Balaban J connectivity index is 1.39. The molecule has 4 aromatic rings. The predicted octanol–water partition coefficient (Wildman–Crippen LogP) is 5.13. The quantitative estimate of drug-likeness (QED) is 0.437. The number of amides is 2. The fraction of sp³-hybridized carbons (Fsp3) is 0. The van der Waals surface area contributed by atoms with Gasteiger partial charge in [0, 0.05) is 34.3 Å². The van der Waals surface area contributed by atoms with E-state index in [9.17, 15) is 14.0 Å². The lowest BCUT2D eigenvalue weighted by Crippen LogP contribution is -2.13. The van der Waals surface area contributed by atoms with Gasteiger partial charge in [0.2, 0.25) is 0 Å². The summed E-state index contributed by atoms with van der Waals surface area (Å²) in [7, 11) is 0. The van der Waals surface area contributed by atoms with E-state index in [1.54, 1.807) is 42.6 Å². The summed E-state index contributed by atoms with van der Waals surface area (Å²) < 4.78 is 13.0. The van der Waals surface area contributed by atoms with Gasteiger partial charge in [-0.05, 0) is 84.8 Å². The number of rotatable bonds is 4. The highest BCUT2D eigenvalue weighted by Gasteiger charge is 2.09. The molecule has 2 amide bonds. The molecule has 0 saturated carbocycles. The zero-order chi connectivity index (χ0) is 23.0. The molecule has 2 N–H and O–H groups in total. The smallest absolute Gasteiger partial charge is 0.255 e. The summed E-state index contributed by atoms with van der Waals surface area (Å²) in [4.78, 5) is 29.0. The van der Waals surface area contributed by atoms with Crippen LogP contribution in [0.3, 0.4) is 0 Å². The number of hydrogen-bond donors (Lipinski definition) is 2. The Morgan fingerprint density at radius 2 is 1.36 bits per heavy atom. The first-order valence-corrected chi connectivity index (χ1v) is 10.1. The van der Waals surface area contributed by atoms with Gasteiger partial charge in [0.1, 0.15) is 11.5 Å². The monoisotopic (exact) mass is 435 g/mol. The number of carbonyl (C=O) groups excluding carboxylic acids is 2. The van der Waals surface area contributed by atoms with E-state index in [2.05, 4.69) is 27.5 Å². The number of hydrogen-bond acceptors (Lipinski definition) is 3. The van der Waals surface area contributed by atoms with Crippen molar-refractivity contribution < 1.29 is 14.0 Å². The largest absolute Gasteiger partial charge is 0.322 e. The van der Waals surface area contributed by atoms with Crippen molar-refractivity contribution in [1.82, 2.24) is 4.98 Å². The van der Waals surface area contributed by atoms with Gasteiger partial charge in [-0.2, -0.15) is 0 Å². The van der Waals surface area contributed by atoms with Crippen molar-refractivity contribution in [3.05, 3.63) is 125 Å². The number of anilines is 2. The van der Waals surface area contributed by atoms with Crippen LogP contribution in [-0.4, -0.2) is 16.8 Å². The highest BCUT2D eigenvalue weighted by Crippen LogP contribution is 2.15. The van der Waals surface area contributed by atoms with Crippen LogP contribution in [-0.2, 0) is 0 Å². The van der Waals surface area contributed by atoms with Gasteiger partial charge in [0.25, 0.3) is 11.8 Å². The fourth-order valence-electron chi connectivity index (χ4n) is 2.96. The standard InChI is InChI=1S/C27H18FN3O2/c28-22-12-8-20(9-13-22)26(32)30-24-15-10-21(11-16-24)27(33)31-25-6-3-4-19(18-25)7-14-23-5-1-2-17-29-23/h1-6,8-13,15-18H,(H,30,32)(H,31,33).